The fraction of sp³-hybridized carbons (Fsp3) is 0.375. The molecule has 0 fully saturated rings. The summed E-state index contributed by atoms with van der Waals surface area (Å²) in [5.41, 5.74) is -2.16. The maximum Gasteiger partial charge on any atom is 0.336 e. The van der Waals surface area contributed by atoms with Crippen LogP contribution in [0.25, 0.3) is 0 Å². The number of carbonyl (C=O) groups excluding carboxylic acids is 1. The zero-order chi connectivity index (χ0) is 12.1. The molecule has 1 aromatic heterocycles. The Kier molecular flexibility index (Phi) is 3.95. The molecule has 0 radical (unpaired) electrons. The molecule has 0 saturated heterocycles. The first-order valence-corrected chi connectivity index (χ1v) is 4.35. The van der Waals surface area contributed by atoms with Gasteiger partial charge in [-0.2, -0.15) is 4.39 Å². The number of hydrogen-bond acceptors (Lipinski definition) is 4. The highest BCUT2D eigenvalue weighted by molar-refractivity contribution is 5.76. The number of H-pyrrole nitrogens is 1. The molecule has 0 saturated carbocycles. The van der Waals surface area contributed by atoms with E-state index < -0.39 is 23.1 Å². The molecule has 0 bridgehead atoms. The average Bonchev–Trinajstić information content (AvgIpc) is 2.23. The van der Waals surface area contributed by atoms with Crippen LogP contribution in [0.3, 0.4) is 0 Å². The van der Waals surface area contributed by atoms with Gasteiger partial charge in [-0.3, -0.25) is 9.78 Å². The minimum atomic E-state index is -1.21. The Balaban J connectivity index is 2.88. The van der Waals surface area contributed by atoms with Crippen LogP contribution in [0.5, 0.6) is 0 Å². The van der Waals surface area contributed by atoms with Crippen LogP contribution in [0.15, 0.2) is 15.8 Å². The topological polar surface area (TPSA) is 93.2 Å². The Morgan fingerprint density at radius 3 is 2.94 bits per heavy atom. The zero-order valence-corrected chi connectivity index (χ0v) is 8.45. The van der Waals surface area contributed by atoms with Crippen LogP contribution >= 0.6 is 0 Å². The minimum absolute atomic E-state index is 0.169. The number of rotatable bonds is 3. The molecule has 1 amide bonds. The lowest BCUT2D eigenvalue weighted by Crippen LogP contribution is -2.41. The van der Waals surface area contributed by atoms with Crippen molar-refractivity contribution in [1.29, 1.82) is 0 Å². The number of ether oxygens (including phenoxy) is 1. The van der Waals surface area contributed by atoms with Gasteiger partial charge in [-0.25, -0.2) is 14.2 Å². The molecule has 7 nitrogen and oxygen atoms in total. The molecule has 16 heavy (non-hydrogen) atoms. The maximum atomic E-state index is 12.8. The van der Waals surface area contributed by atoms with E-state index in [-0.39, 0.29) is 13.2 Å². The van der Waals surface area contributed by atoms with Crippen molar-refractivity contribution in [2.75, 3.05) is 20.3 Å². The second kappa shape index (κ2) is 5.21. The van der Waals surface area contributed by atoms with Crippen LogP contribution < -0.4 is 16.6 Å². The SMILES string of the molecule is COCCNC(=O)n1cc(F)c(=O)[nH]c1=O. The van der Waals surface area contributed by atoms with Crippen molar-refractivity contribution in [1.82, 2.24) is 14.9 Å². The third-order valence-electron chi connectivity index (χ3n) is 1.70. The fourth-order valence-electron chi connectivity index (χ4n) is 0.944. The van der Waals surface area contributed by atoms with E-state index in [1.165, 1.54) is 7.11 Å². The number of nitrogens with one attached hydrogen (secondary N) is 2. The molecule has 1 heterocycles. The highest BCUT2D eigenvalue weighted by Gasteiger charge is 2.09. The number of aromatic nitrogens is 2. The minimum Gasteiger partial charge on any atom is -0.383 e. The molecule has 0 unspecified atom stereocenters. The van der Waals surface area contributed by atoms with Gasteiger partial charge in [-0.05, 0) is 0 Å². The molecular weight excluding hydrogens is 221 g/mol. The summed E-state index contributed by atoms with van der Waals surface area (Å²) in [6, 6.07) is -0.836. The smallest absolute Gasteiger partial charge is 0.336 e. The molecule has 0 aliphatic carbocycles. The van der Waals surface area contributed by atoms with Gasteiger partial charge in [0.2, 0.25) is 5.82 Å². The lowest BCUT2D eigenvalue weighted by Gasteiger charge is -2.05. The lowest BCUT2D eigenvalue weighted by atomic mass is 10.6. The predicted molar refractivity (Wildman–Crippen MR) is 52.0 cm³/mol. The van der Waals surface area contributed by atoms with Crippen molar-refractivity contribution < 1.29 is 13.9 Å². The van der Waals surface area contributed by atoms with Crippen molar-refractivity contribution in [3.05, 3.63) is 32.9 Å². The number of halogens is 1. The van der Waals surface area contributed by atoms with Crippen LogP contribution in [0, 0.1) is 5.82 Å². The second-order valence-corrected chi connectivity index (χ2v) is 2.83. The molecule has 0 aromatic carbocycles. The molecular formula is C8H10FN3O4. The predicted octanol–water partition coefficient (Wildman–Crippen LogP) is -1.12. The van der Waals surface area contributed by atoms with Crippen LogP contribution in [0.2, 0.25) is 0 Å². The number of carbonyl (C=O) groups is 1. The van der Waals surface area contributed by atoms with Gasteiger partial charge in [0.1, 0.15) is 0 Å². The highest BCUT2D eigenvalue weighted by atomic mass is 19.1. The van der Waals surface area contributed by atoms with Gasteiger partial charge >= 0.3 is 11.7 Å². The lowest BCUT2D eigenvalue weighted by molar-refractivity contribution is 0.196. The third-order valence-corrected chi connectivity index (χ3v) is 1.70. The summed E-state index contributed by atoms with van der Waals surface area (Å²) in [5, 5.41) is 2.30. The van der Waals surface area contributed by atoms with Gasteiger partial charge in [-0.15, -0.1) is 0 Å². The van der Waals surface area contributed by atoms with Crippen LogP contribution in [0.1, 0.15) is 0 Å². The van der Waals surface area contributed by atoms with Gasteiger partial charge in [0.05, 0.1) is 12.8 Å². The highest BCUT2D eigenvalue weighted by Crippen LogP contribution is 1.83. The Labute approximate surface area is 88.9 Å². The summed E-state index contributed by atoms with van der Waals surface area (Å²) in [5.74, 6) is -1.21. The Morgan fingerprint density at radius 1 is 1.62 bits per heavy atom. The zero-order valence-electron chi connectivity index (χ0n) is 8.45. The first kappa shape index (κ1) is 12.1. The summed E-state index contributed by atoms with van der Waals surface area (Å²) >= 11 is 0. The van der Waals surface area contributed by atoms with Crippen molar-refractivity contribution in [3.8, 4) is 0 Å². The molecule has 0 aliphatic rings. The number of methoxy groups -OCH3 is 1. The van der Waals surface area contributed by atoms with Gasteiger partial charge < -0.3 is 10.1 Å². The molecule has 2 N–H and O–H groups in total. The van der Waals surface area contributed by atoms with Crippen LogP contribution in [0.4, 0.5) is 9.18 Å². The van der Waals surface area contributed by atoms with Crippen molar-refractivity contribution in [2.24, 2.45) is 0 Å². The Morgan fingerprint density at radius 2 is 2.31 bits per heavy atom. The normalized spacial score (nSPS) is 10.1. The maximum absolute atomic E-state index is 12.8. The van der Waals surface area contributed by atoms with Crippen LogP contribution in [-0.4, -0.2) is 35.8 Å². The molecule has 0 spiro atoms. The monoisotopic (exact) mass is 231 g/mol. The fourth-order valence-corrected chi connectivity index (χ4v) is 0.944. The molecule has 88 valence electrons. The largest absolute Gasteiger partial charge is 0.383 e. The van der Waals surface area contributed by atoms with Gasteiger partial charge in [-0.1, -0.05) is 0 Å². The van der Waals surface area contributed by atoms with Gasteiger partial charge in [0, 0.05) is 13.7 Å². The summed E-state index contributed by atoms with van der Waals surface area (Å²) in [6.07, 6.45) is 0.531. The van der Waals surface area contributed by atoms with Gasteiger partial charge in [0.15, 0.2) is 0 Å². The van der Waals surface area contributed by atoms with Gasteiger partial charge in [0.25, 0.3) is 5.56 Å². The summed E-state index contributed by atoms with van der Waals surface area (Å²) in [6.45, 7) is 0.425. The summed E-state index contributed by atoms with van der Waals surface area (Å²) in [4.78, 5) is 34.8. The standard InChI is InChI=1S/C8H10FN3O4/c1-16-3-2-10-7(14)12-4-5(9)6(13)11-8(12)15/h4H,2-3H2,1H3,(H,10,14)(H,11,13,15). The quantitative estimate of drug-likeness (QED) is 0.644. The number of amides is 1. The third kappa shape index (κ3) is 2.76. The summed E-state index contributed by atoms with van der Waals surface area (Å²) in [7, 11) is 1.44. The molecule has 8 heteroatoms. The van der Waals surface area contributed by atoms with E-state index in [1.807, 2.05) is 0 Å². The Bertz CT molecular complexity index is 493. The van der Waals surface area contributed by atoms with Crippen molar-refractivity contribution in [3.63, 3.8) is 0 Å². The van der Waals surface area contributed by atoms with Crippen LogP contribution in [-0.2, 0) is 4.74 Å². The van der Waals surface area contributed by atoms with E-state index in [0.29, 0.717) is 10.8 Å². The number of hydrogen-bond donors (Lipinski definition) is 2. The number of nitrogens with zero attached hydrogens (tertiary/aromatic N) is 1. The van der Waals surface area contributed by atoms with E-state index in [1.54, 1.807) is 4.98 Å². The summed E-state index contributed by atoms with van der Waals surface area (Å²) < 4.78 is 17.9. The van der Waals surface area contributed by atoms with Crippen molar-refractivity contribution in [2.45, 2.75) is 0 Å². The first-order chi connectivity index (χ1) is 7.56. The van der Waals surface area contributed by atoms with E-state index in [2.05, 4.69) is 10.1 Å². The van der Waals surface area contributed by atoms with Crippen molar-refractivity contribution >= 4 is 6.03 Å². The Hall–Kier alpha value is -1.96. The van der Waals surface area contributed by atoms with E-state index >= 15 is 0 Å². The van der Waals surface area contributed by atoms with E-state index in [9.17, 15) is 18.8 Å². The average molecular weight is 231 g/mol. The molecule has 1 aromatic rings. The molecule has 1 rings (SSSR count). The molecule has 0 aliphatic heterocycles. The number of aromatic amines is 1. The first-order valence-electron chi connectivity index (χ1n) is 4.35. The molecule has 0 atom stereocenters. The van der Waals surface area contributed by atoms with E-state index in [4.69, 9.17) is 0 Å². The second-order valence-electron chi connectivity index (χ2n) is 2.83. The van der Waals surface area contributed by atoms with E-state index in [0.717, 1.165) is 0 Å².